The predicted octanol–water partition coefficient (Wildman–Crippen LogP) is 2.12. The van der Waals surface area contributed by atoms with Gasteiger partial charge in [0, 0.05) is 31.4 Å². The Morgan fingerprint density at radius 2 is 2.06 bits per heavy atom. The lowest BCUT2D eigenvalue weighted by atomic mass is 9.92. The minimum absolute atomic E-state index is 0.0117. The Labute approximate surface area is 173 Å². The van der Waals surface area contributed by atoms with Crippen molar-refractivity contribution in [2.45, 2.75) is 38.0 Å². The number of anilines is 1. The summed E-state index contributed by atoms with van der Waals surface area (Å²) in [7, 11) is 0. The number of rotatable bonds is 5. The molecule has 0 bridgehead atoms. The Hall–Kier alpha value is -3.38. The molecule has 31 heavy (non-hydrogen) atoms. The summed E-state index contributed by atoms with van der Waals surface area (Å²) < 4.78 is 43.7. The summed E-state index contributed by atoms with van der Waals surface area (Å²) in [6.45, 7) is 0.751. The summed E-state index contributed by atoms with van der Waals surface area (Å²) in [5.74, 6) is -0.561. The van der Waals surface area contributed by atoms with E-state index in [0.717, 1.165) is 12.3 Å². The van der Waals surface area contributed by atoms with E-state index < -0.39 is 23.9 Å². The largest absolute Gasteiger partial charge is 0.465 e. The third-order valence-corrected chi connectivity index (χ3v) is 5.88. The number of primary amides is 1. The van der Waals surface area contributed by atoms with Gasteiger partial charge in [-0.2, -0.15) is 13.2 Å². The maximum Gasteiger partial charge on any atom is 0.433 e. The zero-order valence-electron chi connectivity index (χ0n) is 16.2. The molecule has 1 saturated heterocycles. The maximum atomic E-state index is 12.9. The fraction of sp³-hybridized carbons (Fsp3) is 0.500. The highest BCUT2D eigenvalue weighted by atomic mass is 19.4. The number of halogens is 3. The number of hydrogen-bond donors (Lipinski definition) is 2. The first kappa shape index (κ1) is 20.9. The van der Waals surface area contributed by atoms with Crippen LogP contribution in [0, 0.1) is 5.41 Å². The normalized spacial score (nSPS) is 20.0. The molecule has 2 amide bonds. The van der Waals surface area contributed by atoms with E-state index in [1.54, 1.807) is 4.90 Å². The molecular formula is C18H19F3N6O4. The molecule has 0 aromatic carbocycles. The first-order chi connectivity index (χ1) is 14.6. The van der Waals surface area contributed by atoms with Crippen LogP contribution in [0.2, 0.25) is 0 Å². The number of carboxylic acid groups (broad SMARTS) is 1. The molecule has 3 heterocycles. The highest BCUT2D eigenvalue weighted by Crippen LogP contribution is 2.57. The number of alkyl halides is 3. The van der Waals surface area contributed by atoms with E-state index in [4.69, 9.17) is 10.3 Å². The first-order valence-electron chi connectivity index (χ1n) is 9.49. The summed E-state index contributed by atoms with van der Waals surface area (Å²) >= 11 is 0. The fourth-order valence-corrected chi connectivity index (χ4v) is 4.10. The Morgan fingerprint density at radius 3 is 2.65 bits per heavy atom. The molecule has 1 unspecified atom stereocenters. The fourth-order valence-electron chi connectivity index (χ4n) is 4.10. The van der Waals surface area contributed by atoms with Crippen molar-refractivity contribution in [2.24, 2.45) is 11.1 Å². The molecule has 166 valence electrons. The molecule has 10 nitrogen and oxygen atoms in total. The van der Waals surface area contributed by atoms with Gasteiger partial charge in [-0.3, -0.25) is 9.69 Å². The minimum Gasteiger partial charge on any atom is -0.465 e. The van der Waals surface area contributed by atoms with Crippen LogP contribution in [0.25, 0.3) is 0 Å². The second-order valence-corrected chi connectivity index (χ2v) is 7.76. The van der Waals surface area contributed by atoms with Gasteiger partial charge >= 0.3 is 12.3 Å². The number of amides is 2. The van der Waals surface area contributed by atoms with Gasteiger partial charge in [-0.25, -0.2) is 14.8 Å². The molecule has 1 atom stereocenters. The van der Waals surface area contributed by atoms with Gasteiger partial charge < -0.3 is 20.3 Å². The van der Waals surface area contributed by atoms with Crippen LogP contribution >= 0.6 is 0 Å². The highest BCUT2D eigenvalue weighted by Gasteiger charge is 2.59. The molecule has 13 heteroatoms. The van der Waals surface area contributed by atoms with Gasteiger partial charge in [-0.15, -0.1) is 0 Å². The third-order valence-electron chi connectivity index (χ3n) is 5.88. The minimum atomic E-state index is -4.55. The average Bonchev–Trinajstić information content (AvgIpc) is 3.18. The van der Waals surface area contributed by atoms with Gasteiger partial charge in [0.25, 0.3) is 5.91 Å². The standard InChI is InChI=1S/C18H19F3N6O4/c19-18(20,21)12-1-4-23-15(24-12)26-5-2-17(3-6-26)8-13(17)27(16(29)30)9-10-7-11(14(22)28)25-31-10/h1,4,7,13H,2-3,5-6,8-9H2,(H2,22,28)(H,29,30). The first-order valence-corrected chi connectivity index (χ1v) is 9.49. The van der Waals surface area contributed by atoms with Crippen molar-refractivity contribution in [3.63, 3.8) is 0 Å². The quantitative estimate of drug-likeness (QED) is 0.721. The summed E-state index contributed by atoms with van der Waals surface area (Å²) in [5, 5.41) is 13.2. The van der Waals surface area contributed by atoms with E-state index in [0.29, 0.717) is 32.4 Å². The number of carbonyl (C=O) groups is 2. The molecule has 4 rings (SSSR count). The summed E-state index contributed by atoms with van der Waals surface area (Å²) in [4.78, 5) is 33.4. The lowest BCUT2D eigenvalue weighted by molar-refractivity contribution is -0.141. The van der Waals surface area contributed by atoms with Gasteiger partial charge in [0.2, 0.25) is 5.95 Å². The highest BCUT2D eigenvalue weighted by molar-refractivity contribution is 5.90. The van der Waals surface area contributed by atoms with E-state index in [2.05, 4.69) is 15.1 Å². The Morgan fingerprint density at radius 1 is 1.35 bits per heavy atom. The van der Waals surface area contributed by atoms with Crippen LogP contribution in [-0.4, -0.2) is 56.3 Å². The molecule has 2 fully saturated rings. The van der Waals surface area contributed by atoms with Gasteiger partial charge in [0.1, 0.15) is 5.69 Å². The Bertz CT molecular complexity index is 1000. The third kappa shape index (κ3) is 4.11. The van der Waals surface area contributed by atoms with Gasteiger partial charge in [0.05, 0.1) is 6.54 Å². The van der Waals surface area contributed by atoms with Crippen molar-refractivity contribution in [2.75, 3.05) is 18.0 Å². The van der Waals surface area contributed by atoms with Crippen LogP contribution < -0.4 is 10.6 Å². The maximum absolute atomic E-state index is 12.9. The van der Waals surface area contributed by atoms with Crippen molar-refractivity contribution in [1.29, 1.82) is 0 Å². The molecule has 2 aliphatic rings. The monoisotopic (exact) mass is 440 g/mol. The van der Waals surface area contributed by atoms with Crippen molar-refractivity contribution >= 4 is 17.9 Å². The van der Waals surface area contributed by atoms with Crippen LogP contribution in [0.1, 0.15) is 41.2 Å². The van der Waals surface area contributed by atoms with Crippen LogP contribution in [0.15, 0.2) is 22.9 Å². The van der Waals surface area contributed by atoms with E-state index >= 15 is 0 Å². The van der Waals surface area contributed by atoms with Crippen molar-refractivity contribution in [3.05, 3.63) is 35.5 Å². The Balaban J connectivity index is 1.41. The summed E-state index contributed by atoms with van der Waals surface area (Å²) in [5.41, 5.74) is 3.78. The SMILES string of the molecule is NC(=O)c1cc(CN(C(=O)O)C2CC23CCN(c2nccc(C(F)(F)F)n2)CC3)on1. The molecule has 1 spiro atoms. The Kier molecular flexibility index (Phi) is 4.98. The van der Waals surface area contributed by atoms with Crippen molar-refractivity contribution in [1.82, 2.24) is 20.0 Å². The number of aromatic nitrogens is 3. The molecule has 3 N–H and O–H groups in total. The van der Waals surface area contributed by atoms with E-state index in [1.165, 1.54) is 11.0 Å². The molecule has 2 aromatic rings. The second kappa shape index (κ2) is 7.39. The zero-order valence-corrected chi connectivity index (χ0v) is 16.2. The van der Waals surface area contributed by atoms with Crippen molar-refractivity contribution < 1.29 is 32.4 Å². The van der Waals surface area contributed by atoms with Gasteiger partial charge in [0.15, 0.2) is 11.5 Å². The van der Waals surface area contributed by atoms with Crippen LogP contribution in [0.3, 0.4) is 0 Å². The molecule has 0 radical (unpaired) electrons. The van der Waals surface area contributed by atoms with Gasteiger partial charge in [-0.05, 0) is 30.7 Å². The van der Waals surface area contributed by atoms with Crippen LogP contribution in [0.4, 0.5) is 23.9 Å². The smallest absolute Gasteiger partial charge is 0.433 e. The molecule has 1 aliphatic heterocycles. The molecule has 1 aliphatic carbocycles. The number of nitrogens with zero attached hydrogens (tertiary/aromatic N) is 5. The number of nitrogens with two attached hydrogens (primary N) is 1. The van der Waals surface area contributed by atoms with Crippen LogP contribution in [-0.2, 0) is 12.7 Å². The number of carbonyl (C=O) groups excluding carboxylic acids is 1. The summed E-state index contributed by atoms with van der Waals surface area (Å²) in [6, 6.07) is 1.86. The topological polar surface area (TPSA) is 139 Å². The van der Waals surface area contributed by atoms with E-state index in [9.17, 15) is 27.9 Å². The van der Waals surface area contributed by atoms with Gasteiger partial charge in [-0.1, -0.05) is 5.16 Å². The van der Waals surface area contributed by atoms with E-state index in [-0.39, 0.29) is 35.4 Å². The lowest BCUT2D eigenvalue weighted by Crippen LogP contribution is -2.41. The second-order valence-electron chi connectivity index (χ2n) is 7.76. The van der Waals surface area contributed by atoms with Crippen molar-refractivity contribution in [3.8, 4) is 0 Å². The molecular weight excluding hydrogens is 421 g/mol. The zero-order chi connectivity index (χ0) is 22.4. The van der Waals surface area contributed by atoms with E-state index in [1.807, 2.05) is 0 Å². The predicted molar refractivity (Wildman–Crippen MR) is 97.9 cm³/mol. The summed E-state index contributed by atoms with van der Waals surface area (Å²) in [6.07, 6.45) is -2.80. The number of piperidine rings is 1. The average molecular weight is 440 g/mol. The molecule has 1 saturated carbocycles. The number of hydrogen-bond acceptors (Lipinski definition) is 7. The molecule has 2 aromatic heterocycles. The lowest BCUT2D eigenvalue weighted by Gasteiger charge is -2.34. The van der Waals surface area contributed by atoms with Crippen LogP contribution in [0.5, 0.6) is 0 Å².